The van der Waals surface area contributed by atoms with Crippen molar-refractivity contribution in [1.29, 1.82) is 0 Å². The molecule has 0 unspecified atom stereocenters. The SMILES string of the molecule is COc1ccccc1Sc1ccc2scnc2c1N. The van der Waals surface area contributed by atoms with Crippen LogP contribution in [-0.4, -0.2) is 12.1 Å². The molecule has 2 aromatic carbocycles. The van der Waals surface area contributed by atoms with Crippen LogP contribution >= 0.6 is 23.1 Å². The second-order valence-corrected chi connectivity index (χ2v) is 5.90. The van der Waals surface area contributed by atoms with Gasteiger partial charge >= 0.3 is 0 Å². The highest BCUT2D eigenvalue weighted by molar-refractivity contribution is 7.99. The van der Waals surface area contributed by atoms with Crippen LogP contribution in [-0.2, 0) is 0 Å². The fourth-order valence-electron chi connectivity index (χ4n) is 1.84. The van der Waals surface area contributed by atoms with E-state index in [-0.39, 0.29) is 0 Å². The molecule has 0 saturated heterocycles. The molecule has 0 amide bonds. The van der Waals surface area contributed by atoms with Crippen LogP contribution in [0.4, 0.5) is 5.69 Å². The predicted octanol–water partition coefficient (Wildman–Crippen LogP) is 4.04. The number of nitrogen functional groups attached to an aromatic ring is 1. The van der Waals surface area contributed by atoms with Gasteiger partial charge in [-0.2, -0.15) is 0 Å². The van der Waals surface area contributed by atoms with Crippen molar-refractivity contribution < 1.29 is 4.74 Å². The standard InChI is InChI=1S/C14H12N2OS2/c1-17-9-4-2-3-5-10(9)19-11-6-7-12-14(13(11)15)16-8-18-12/h2-8H,15H2,1H3. The highest BCUT2D eigenvalue weighted by atomic mass is 32.2. The summed E-state index contributed by atoms with van der Waals surface area (Å²) in [5, 5.41) is 0. The molecular formula is C14H12N2OS2. The van der Waals surface area contributed by atoms with Crippen LogP contribution in [0.3, 0.4) is 0 Å². The van der Waals surface area contributed by atoms with Gasteiger partial charge in [0.15, 0.2) is 0 Å². The minimum Gasteiger partial charge on any atom is -0.496 e. The van der Waals surface area contributed by atoms with Crippen molar-refractivity contribution in [2.75, 3.05) is 12.8 Å². The maximum absolute atomic E-state index is 6.19. The van der Waals surface area contributed by atoms with Crippen LogP contribution in [0.1, 0.15) is 0 Å². The van der Waals surface area contributed by atoms with E-state index in [2.05, 4.69) is 11.1 Å². The zero-order valence-electron chi connectivity index (χ0n) is 10.3. The van der Waals surface area contributed by atoms with Crippen molar-refractivity contribution in [1.82, 2.24) is 4.98 Å². The third-order valence-electron chi connectivity index (χ3n) is 2.79. The second kappa shape index (κ2) is 5.11. The average Bonchev–Trinajstić information content (AvgIpc) is 2.92. The van der Waals surface area contributed by atoms with E-state index in [1.54, 1.807) is 30.2 Å². The largest absolute Gasteiger partial charge is 0.496 e. The number of para-hydroxylation sites is 1. The summed E-state index contributed by atoms with van der Waals surface area (Å²) in [4.78, 5) is 6.36. The summed E-state index contributed by atoms with van der Waals surface area (Å²) in [5.41, 5.74) is 9.61. The van der Waals surface area contributed by atoms with Crippen LogP contribution in [0.2, 0.25) is 0 Å². The van der Waals surface area contributed by atoms with Gasteiger partial charge in [0.05, 0.1) is 27.9 Å². The third-order valence-corrected chi connectivity index (χ3v) is 4.72. The predicted molar refractivity (Wildman–Crippen MR) is 81.1 cm³/mol. The molecule has 0 radical (unpaired) electrons. The van der Waals surface area contributed by atoms with E-state index in [0.717, 1.165) is 31.4 Å². The molecule has 3 nitrogen and oxygen atoms in total. The van der Waals surface area contributed by atoms with Gasteiger partial charge in [0.25, 0.3) is 0 Å². The van der Waals surface area contributed by atoms with E-state index in [1.165, 1.54) is 0 Å². The highest BCUT2D eigenvalue weighted by Crippen LogP contribution is 2.40. The Balaban J connectivity index is 2.03. The molecule has 0 fully saturated rings. The summed E-state index contributed by atoms with van der Waals surface area (Å²) in [7, 11) is 1.67. The molecule has 0 bridgehead atoms. The molecule has 3 rings (SSSR count). The number of nitrogens with two attached hydrogens (primary N) is 1. The second-order valence-electron chi connectivity index (χ2n) is 3.93. The number of methoxy groups -OCH3 is 1. The molecule has 0 spiro atoms. The van der Waals surface area contributed by atoms with E-state index in [0.29, 0.717) is 0 Å². The Kier molecular flexibility index (Phi) is 3.31. The summed E-state index contributed by atoms with van der Waals surface area (Å²) in [5.74, 6) is 0.852. The molecule has 19 heavy (non-hydrogen) atoms. The number of anilines is 1. The van der Waals surface area contributed by atoms with Gasteiger partial charge in [-0.25, -0.2) is 4.98 Å². The van der Waals surface area contributed by atoms with Crippen molar-refractivity contribution in [2.45, 2.75) is 9.79 Å². The molecule has 3 aromatic rings. The van der Waals surface area contributed by atoms with Gasteiger partial charge in [-0.3, -0.25) is 0 Å². The number of hydrogen-bond donors (Lipinski definition) is 1. The van der Waals surface area contributed by atoms with E-state index in [1.807, 2.05) is 35.8 Å². The maximum Gasteiger partial charge on any atom is 0.132 e. The van der Waals surface area contributed by atoms with Gasteiger partial charge in [-0.15, -0.1) is 11.3 Å². The summed E-state index contributed by atoms with van der Waals surface area (Å²) in [6.45, 7) is 0. The fourth-order valence-corrected chi connectivity index (χ4v) is 3.51. The molecule has 5 heteroatoms. The van der Waals surface area contributed by atoms with E-state index in [4.69, 9.17) is 10.5 Å². The summed E-state index contributed by atoms with van der Waals surface area (Å²) >= 11 is 3.20. The number of fused-ring (bicyclic) bond motifs is 1. The van der Waals surface area contributed by atoms with Crippen molar-refractivity contribution in [3.63, 3.8) is 0 Å². The summed E-state index contributed by atoms with van der Waals surface area (Å²) < 4.78 is 6.47. The van der Waals surface area contributed by atoms with Crippen LogP contribution in [0.15, 0.2) is 51.7 Å². The van der Waals surface area contributed by atoms with Crippen molar-refractivity contribution >= 4 is 39.0 Å². The molecule has 0 aliphatic heterocycles. The zero-order valence-corrected chi connectivity index (χ0v) is 11.9. The molecule has 1 heterocycles. The van der Waals surface area contributed by atoms with Crippen LogP contribution in [0, 0.1) is 0 Å². The number of ether oxygens (including phenoxy) is 1. The Bertz CT molecular complexity index is 724. The van der Waals surface area contributed by atoms with Gasteiger partial charge in [-0.1, -0.05) is 23.9 Å². The first-order valence-electron chi connectivity index (χ1n) is 5.72. The smallest absolute Gasteiger partial charge is 0.132 e. The molecule has 0 aliphatic carbocycles. The molecular weight excluding hydrogens is 276 g/mol. The summed E-state index contributed by atoms with van der Waals surface area (Å²) in [6, 6.07) is 12.0. The zero-order chi connectivity index (χ0) is 13.2. The molecule has 2 N–H and O–H groups in total. The summed E-state index contributed by atoms with van der Waals surface area (Å²) in [6.07, 6.45) is 0. The Morgan fingerprint density at radius 2 is 2.00 bits per heavy atom. The average molecular weight is 288 g/mol. The first-order chi connectivity index (χ1) is 9.29. The Hall–Kier alpha value is -1.72. The number of aromatic nitrogens is 1. The number of benzene rings is 2. The minimum absolute atomic E-state index is 0.731. The minimum atomic E-state index is 0.731. The van der Waals surface area contributed by atoms with Crippen LogP contribution in [0.25, 0.3) is 10.2 Å². The fraction of sp³-hybridized carbons (Fsp3) is 0.0714. The van der Waals surface area contributed by atoms with Gasteiger partial charge in [0, 0.05) is 4.90 Å². The van der Waals surface area contributed by atoms with E-state index >= 15 is 0 Å². The Morgan fingerprint density at radius 3 is 2.84 bits per heavy atom. The van der Waals surface area contributed by atoms with Gasteiger partial charge in [-0.05, 0) is 24.3 Å². The lowest BCUT2D eigenvalue weighted by Gasteiger charge is -2.09. The van der Waals surface area contributed by atoms with Gasteiger partial charge in [0.2, 0.25) is 0 Å². The number of rotatable bonds is 3. The van der Waals surface area contributed by atoms with Crippen LogP contribution < -0.4 is 10.5 Å². The quantitative estimate of drug-likeness (QED) is 0.739. The molecule has 0 aliphatic rings. The van der Waals surface area contributed by atoms with Gasteiger partial charge in [0.1, 0.15) is 11.3 Å². The van der Waals surface area contributed by atoms with Crippen molar-refractivity contribution in [3.8, 4) is 5.75 Å². The van der Waals surface area contributed by atoms with E-state index in [9.17, 15) is 0 Å². The molecule has 1 aromatic heterocycles. The lowest BCUT2D eigenvalue weighted by Crippen LogP contribution is -1.91. The topological polar surface area (TPSA) is 48.1 Å². The third kappa shape index (κ3) is 2.27. The lowest BCUT2D eigenvalue weighted by molar-refractivity contribution is 0.405. The monoisotopic (exact) mass is 288 g/mol. The normalized spacial score (nSPS) is 10.8. The van der Waals surface area contributed by atoms with Crippen molar-refractivity contribution in [2.24, 2.45) is 0 Å². The maximum atomic E-state index is 6.19. The number of nitrogens with zero attached hydrogens (tertiary/aromatic N) is 1. The molecule has 0 saturated carbocycles. The first-order valence-corrected chi connectivity index (χ1v) is 7.42. The lowest BCUT2D eigenvalue weighted by atomic mass is 10.3. The van der Waals surface area contributed by atoms with Crippen molar-refractivity contribution in [3.05, 3.63) is 41.9 Å². The van der Waals surface area contributed by atoms with Crippen LogP contribution in [0.5, 0.6) is 5.75 Å². The van der Waals surface area contributed by atoms with E-state index < -0.39 is 0 Å². The molecule has 96 valence electrons. The van der Waals surface area contributed by atoms with Gasteiger partial charge < -0.3 is 10.5 Å². The number of thiazole rings is 1. The Morgan fingerprint density at radius 1 is 1.16 bits per heavy atom. The molecule has 0 atom stereocenters. The number of hydrogen-bond acceptors (Lipinski definition) is 5. The Labute approximate surface area is 119 Å². The first kappa shape index (κ1) is 12.3. The highest BCUT2D eigenvalue weighted by Gasteiger charge is 2.10.